The average Bonchev–Trinajstić information content (AvgIpc) is 2.58. The molecule has 0 radical (unpaired) electrons. The molecule has 6 nitrogen and oxygen atoms in total. The predicted octanol–water partition coefficient (Wildman–Crippen LogP) is 3.52. The molecule has 0 saturated carbocycles. The summed E-state index contributed by atoms with van der Waals surface area (Å²) in [5, 5.41) is -0.711. The molecule has 1 heterocycles. The highest BCUT2D eigenvalue weighted by atomic mass is 32.2. The Morgan fingerprint density at radius 2 is 1.82 bits per heavy atom. The molecule has 0 aliphatic carbocycles. The van der Waals surface area contributed by atoms with E-state index < -0.39 is 38.7 Å². The van der Waals surface area contributed by atoms with Gasteiger partial charge in [-0.1, -0.05) is 18.2 Å². The SMILES string of the molecule is CC(C)(C)OC(=O)N1CCC(S(=O)(=O)NCc2cccc(C(F)(F)F)c2)CC1. The van der Waals surface area contributed by atoms with Crippen LogP contribution in [0.1, 0.15) is 44.7 Å². The van der Waals surface area contributed by atoms with E-state index in [1.54, 1.807) is 20.8 Å². The van der Waals surface area contributed by atoms with E-state index in [2.05, 4.69) is 4.72 Å². The van der Waals surface area contributed by atoms with Gasteiger partial charge in [0, 0.05) is 19.6 Å². The van der Waals surface area contributed by atoms with E-state index in [1.807, 2.05) is 0 Å². The maximum atomic E-state index is 12.8. The van der Waals surface area contributed by atoms with Crippen LogP contribution < -0.4 is 4.72 Å². The van der Waals surface area contributed by atoms with Crippen LogP contribution in [0.25, 0.3) is 0 Å². The minimum Gasteiger partial charge on any atom is -0.444 e. The monoisotopic (exact) mass is 422 g/mol. The second-order valence-electron chi connectivity index (χ2n) is 7.73. The molecule has 158 valence electrons. The van der Waals surface area contributed by atoms with Crippen molar-refractivity contribution < 1.29 is 31.1 Å². The molecule has 0 unspecified atom stereocenters. The average molecular weight is 422 g/mol. The van der Waals surface area contributed by atoms with E-state index in [0.29, 0.717) is 0 Å². The molecule has 0 spiro atoms. The number of carbonyl (C=O) groups excluding carboxylic acids is 1. The third kappa shape index (κ3) is 6.37. The molecule has 1 aliphatic heterocycles. The van der Waals surface area contributed by atoms with Crippen molar-refractivity contribution in [3.8, 4) is 0 Å². The number of sulfonamides is 1. The third-order valence-corrected chi connectivity index (χ3v) is 6.16. The molecular weight excluding hydrogens is 397 g/mol. The summed E-state index contributed by atoms with van der Waals surface area (Å²) < 4.78 is 70.9. The normalized spacial score (nSPS) is 16.9. The Balaban J connectivity index is 1.92. The van der Waals surface area contributed by atoms with Crippen LogP contribution in [-0.2, 0) is 27.5 Å². The quantitative estimate of drug-likeness (QED) is 0.806. The van der Waals surface area contributed by atoms with Crippen molar-refractivity contribution in [1.29, 1.82) is 0 Å². The maximum absolute atomic E-state index is 12.8. The van der Waals surface area contributed by atoms with Gasteiger partial charge in [-0.15, -0.1) is 0 Å². The summed E-state index contributed by atoms with van der Waals surface area (Å²) in [4.78, 5) is 13.5. The van der Waals surface area contributed by atoms with Gasteiger partial charge in [0.2, 0.25) is 10.0 Å². The van der Waals surface area contributed by atoms with Crippen molar-refractivity contribution in [3.05, 3.63) is 35.4 Å². The van der Waals surface area contributed by atoms with Gasteiger partial charge < -0.3 is 9.64 Å². The lowest BCUT2D eigenvalue weighted by Crippen LogP contribution is -2.46. The van der Waals surface area contributed by atoms with Crippen LogP contribution >= 0.6 is 0 Å². The second kappa shape index (κ2) is 8.28. The highest BCUT2D eigenvalue weighted by Crippen LogP contribution is 2.29. The molecule has 0 atom stereocenters. The molecule has 1 saturated heterocycles. The van der Waals surface area contributed by atoms with Gasteiger partial charge in [0.1, 0.15) is 5.60 Å². The van der Waals surface area contributed by atoms with Crippen molar-refractivity contribution >= 4 is 16.1 Å². The van der Waals surface area contributed by atoms with Gasteiger partial charge >= 0.3 is 12.3 Å². The van der Waals surface area contributed by atoms with Crippen molar-refractivity contribution in [3.63, 3.8) is 0 Å². The Bertz CT molecular complexity index is 796. The molecular formula is C18H25F3N2O4S. The number of hydrogen-bond acceptors (Lipinski definition) is 4. The zero-order valence-corrected chi connectivity index (χ0v) is 16.9. The first-order chi connectivity index (χ1) is 12.8. The molecule has 28 heavy (non-hydrogen) atoms. The van der Waals surface area contributed by atoms with Crippen LogP contribution in [0.4, 0.5) is 18.0 Å². The number of halogens is 3. The van der Waals surface area contributed by atoms with Crippen LogP contribution in [0.2, 0.25) is 0 Å². The molecule has 0 aromatic heterocycles. The number of nitrogens with one attached hydrogen (secondary N) is 1. The van der Waals surface area contributed by atoms with Gasteiger partial charge in [0.25, 0.3) is 0 Å². The van der Waals surface area contributed by atoms with E-state index in [9.17, 15) is 26.4 Å². The lowest BCUT2D eigenvalue weighted by atomic mass is 10.1. The van der Waals surface area contributed by atoms with Crippen molar-refractivity contribution in [1.82, 2.24) is 9.62 Å². The molecule has 1 aromatic rings. The summed E-state index contributed by atoms with van der Waals surface area (Å²) in [7, 11) is -3.72. The largest absolute Gasteiger partial charge is 0.444 e. The number of hydrogen-bond donors (Lipinski definition) is 1. The first-order valence-corrected chi connectivity index (χ1v) is 10.4. The summed E-state index contributed by atoms with van der Waals surface area (Å²) in [5.74, 6) is 0. The first-order valence-electron chi connectivity index (χ1n) is 8.90. The van der Waals surface area contributed by atoms with Crippen molar-refractivity contribution in [2.24, 2.45) is 0 Å². The van der Waals surface area contributed by atoms with Gasteiger partial charge in [-0.25, -0.2) is 17.9 Å². The Morgan fingerprint density at radius 3 is 2.36 bits per heavy atom. The highest BCUT2D eigenvalue weighted by Gasteiger charge is 2.33. The molecule has 1 aliphatic rings. The van der Waals surface area contributed by atoms with Gasteiger partial charge in [-0.2, -0.15) is 13.2 Å². The molecule has 1 fully saturated rings. The molecule has 0 bridgehead atoms. The fourth-order valence-electron chi connectivity index (χ4n) is 2.83. The topological polar surface area (TPSA) is 75.7 Å². The number of ether oxygens (including phenoxy) is 1. The standard InChI is InChI=1S/C18H25F3N2O4S/c1-17(2,3)27-16(24)23-9-7-15(8-10-23)28(25,26)22-12-13-5-4-6-14(11-13)18(19,20)21/h4-6,11,15,22H,7-10,12H2,1-3H3. The lowest BCUT2D eigenvalue weighted by molar-refractivity contribution is -0.137. The van der Waals surface area contributed by atoms with E-state index in [0.717, 1.165) is 12.1 Å². The number of likely N-dealkylation sites (tertiary alicyclic amines) is 1. The Hall–Kier alpha value is -1.81. The summed E-state index contributed by atoms with van der Waals surface area (Å²) in [6.45, 7) is 5.51. The number of benzene rings is 1. The van der Waals surface area contributed by atoms with E-state index in [4.69, 9.17) is 4.74 Å². The summed E-state index contributed by atoms with van der Waals surface area (Å²) in [5.41, 5.74) is -1.23. The fraction of sp³-hybridized carbons (Fsp3) is 0.611. The summed E-state index contributed by atoms with van der Waals surface area (Å²) in [6, 6.07) is 4.53. The number of nitrogens with zero attached hydrogens (tertiary/aromatic N) is 1. The van der Waals surface area contributed by atoms with E-state index in [-0.39, 0.29) is 38.0 Å². The van der Waals surface area contributed by atoms with Crippen LogP contribution in [0.5, 0.6) is 0 Å². The minimum atomic E-state index is -4.48. The molecule has 1 N–H and O–H groups in total. The van der Waals surface area contributed by atoms with Crippen molar-refractivity contribution in [2.45, 2.75) is 57.2 Å². The van der Waals surface area contributed by atoms with Gasteiger partial charge in [-0.05, 0) is 45.2 Å². The second-order valence-corrected chi connectivity index (χ2v) is 9.78. The lowest BCUT2D eigenvalue weighted by Gasteiger charge is -2.33. The van der Waals surface area contributed by atoms with Crippen LogP contribution in [0.15, 0.2) is 24.3 Å². The number of amides is 1. The van der Waals surface area contributed by atoms with Gasteiger partial charge in [-0.3, -0.25) is 0 Å². The van der Waals surface area contributed by atoms with Gasteiger partial charge in [0.05, 0.1) is 10.8 Å². The van der Waals surface area contributed by atoms with E-state index >= 15 is 0 Å². The van der Waals surface area contributed by atoms with E-state index in [1.165, 1.54) is 17.0 Å². The summed E-state index contributed by atoms with van der Waals surface area (Å²) in [6.07, 6.45) is -4.50. The Labute approximate surface area is 163 Å². The Kier molecular flexibility index (Phi) is 6.65. The fourth-order valence-corrected chi connectivity index (χ4v) is 4.27. The Morgan fingerprint density at radius 1 is 1.21 bits per heavy atom. The van der Waals surface area contributed by atoms with Crippen LogP contribution in [-0.4, -0.2) is 43.4 Å². The molecule has 1 amide bonds. The molecule has 2 rings (SSSR count). The smallest absolute Gasteiger partial charge is 0.416 e. The van der Waals surface area contributed by atoms with Crippen molar-refractivity contribution in [2.75, 3.05) is 13.1 Å². The molecule has 10 heteroatoms. The zero-order chi connectivity index (χ0) is 21.2. The number of carbonyl (C=O) groups is 1. The predicted molar refractivity (Wildman–Crippen MR) is 98.0 cm³/mol. The highest BCUT2D eigenvalue weighted by molar-refractivity contribution is 7.90. The number of alkyl halides is 3. The summed E-state index contributed by atoms with van der Waals surface area (Å²) >= 11 is 0. The number of rotatable bonds is 4. The van der Waals surface area contributed by atoms with Crippen LogP contribution in [0.3, 0.4) is 0 Å². The van der Waals surface area contributed by atoms with Gasteiger partial charge in [0.15, 0.2) is 0 Å². The zero-order valence-electron chi connectivity index (χ0n) is 16.0. The first kappa shape index (κ1) is 22.5. The third-order valence-electron chi connectivity index (χ3n) is 4.26. The number of piperidine rings is 1. The molecule has 1 aromatic carbocycles. The minimum absolute atomic E-state index is 0.224. The maximum Gasteiger partial charge on any atom is 0.416 e. The van der Waals surface area contributed by atoms with Crippen LogP contribution in [0, 0.1) is 0 Å².